The van der Waals surface area contributed by atoms with Gasteiger partial charge < -0.3 is 10.3 Å². The van der Waals surface area contributed by atoms with Crippen molar-refractivity contribution >= 4 is 27.3 Å². The zero-order chi connectivity index (χ0) is 12.3. The molecule has 2 N–H and O–H groups in total. The van der Waals surface area contributed by atoms with Gasteiger partial charge in [-0.25, -0.2) is 4.39 Å². The summed E-state index contributed by atoms with van der Waals surface area (Å²) in [5.41, 5.74) is 1.70. The smallest absolute Gasteiger partial charge is 0.304 e. The fourth-order valence-electron chi connectivity index (χ4n) is 1.46. The van der Waals surface area contributed by atoms with Crippen molar-refractivity contribution < 1.29 is 4.39 Å². The molecule has 0 saturated carbocycles. The molecule has 0 fully saturated rings. The van der Waals surface area contributed by atoms with E-state index in [4.69, 9.17) is 0 Å². The molecule has 0 bridgehead atoms. The maximum absolute atomic E-state index is 13.1. The standard InChI is InChI=1S/C11H10BrFN2OS/c12-8-1-7(2-9(13)3-8)4-14-5-10-6-17-11(16)15-10/h1-3,6,14H,4-5H2,(H,15,16). The van der Waals surface area contributed by atoms with Crippen molar-refractivity contribution in [1.29, 1.82) is 0 Å². The Bertz CT molecular complexity index is 546. The van der Waals surface area contributed by atoms with Crippen LogP contribution in [0.15, 0.2) is 32.8 Å². The van der Waals surface area contributed by atoms with Gasteiger partial charge in [-0.15, -0.1) is 0 Å². The maximum Gasteiger partial charge on any atom is 0.304 e. The zero-order valence-corrected chi connectivity index (χ0v) is 11.2. The second-order valence-corrected chi connectivity index (χ2v) is 5.31. The average Bonchev–Trinajstić information content (AvgIpc) is 2.63. The molecule has 2 aromatic rings. The molecule has 17 heavy (non-hydrogen) atoms. The van der Waals surface area contributed by atoms with Crippen molar-refractivity contribution in [3.05, 3.63) is 54.8 Å². The van der Waals surface area contributed by atoms with Crippen molar-refractivity contribution in [2.75, 3.05) is 0 Å². The van der Waals surface area contributed by atoms with Gasteiger partial charge in [0.25, 0.3) is 0 Å². The van der Waals surface area contributed by atoms with Gasteiger partial charge in [0.1, 0.15) is 5.82 Å². The molecule has 6 heteroatoms. The van der Waals surface area contributed by atoms with E-state index < -0.39 is 0 Å². The van der Waals surface area contributed by atoms with Crippen LogP contribution in [0.4, 0.5) is 4.39 Å². The highest BCUT2D eigenvalue weighted by molar-refractivity contribution is 9.10. The molecule has 0 radical (unpaired) electrons. The molecule has 1 heterocycles. The monoisotopic (exact) mass is 316 g/mol. The molecule has 1 aromatic heterocycles. The fourth-order valence-corrected chi connectivity index (χ4v) is 2.55. The molecule has 0 unspecified atom stereocenters. The molecule has 0 saturated heterocycles. The quantitative estimate of drug-likeness (QED) is 0.910. The zero-order valence-electron chi connectivity index (χ0n) is 8.80. The van der Waals surface area contributed by atoms with E-state index in [1.165, 1.54) is 12.1 Å². The molecule has 3 nitrogen and oxygen atoms in total. The first-order valence-electron chi connectivity index (χ1n) is 4.96. The summed E-state index contributed by atoms with van der Waals surface area (Å²) in [4.78, 5) is 13.5. The predicted molar refractivity (Wildman–Crippen MR) is 69.6 cm³/mol. The molecular weight excluding hydrogens is 307 g/mol. The van der Waals surface area contributed by atoms with Crippen molar-refractivity contribution in [3.63, 3.8) is 0 Å². The number of hydrogen-bond donors (Lipinski definition) is 2. The summed E-state index contributed by atoms with van der Waals surface area (Å²) in [6.45, 7) is 1.11. The molecule has 0 spiro atoms. The molecule has 0 aliphatic carbocycles. The summed E-state index contributed by atoms with van der Waals surface area (Å²) >= 11 is 4.38. The topological polar surface area (TPSA) is 44.9 Å². The Morgan fingerprint density at radius 2 is 2.18 bits per heavy atom. The SMILES string of the molecule is O=c1[nH]c(CNCc2cc(F)cc(Br)c2)cs1. The van der Waals surface area contributed by atoms with Gasteiger partial charge in [-0.3, -0.25) is 4.79 Å². The van der Waals surface area contributed by atoms with E-state index >= 15 is 0 Å². The molecule has 90 valence electrons. The first kappa shape index (κ1) is 12.5. The van der Waals surface area contributed by atoms with Crippen molar-refractivity contribution in [1.82, 2.24) is 10.3 Å². The van der Waals surface area contributed by atoms with Crippen molar-refractivity contribution in [3.8, 4) is 0 Å². The number of hydrogen-bond acceptors (Lipinski definition) is 3. The van der Waals surface area contributed by atoms with Crippen LogP contribution in [0.5, 0.6) is 0 Å². The van der Waals surface area contributed by atoms with Crippen LogP contribution in [0.2, 0.25) is 0 Å². The Balaban J connectivity index is 1.91. The summed E-state index contributed by atoms with van der Waals surface area (Å²) in [6, 6.07) is 4.75. The van der Waals surface area contributed by atoms with Crippen molar-refractivity contribution in [2.45, 2.75) is 13.1 Å². The minimum absolute atomic E-state index is 0.0599. The Morgan fingerprint density at radius 3 is 2.82 bits per heavy atom. The molecule has 0 aliphatic heterocycles. The Hall–Kier alpha value is -0.980. The Morgan fingerprint density at radius 1 is 1.35 bits per heavy atom. The van der Waals surface area contributed by atoms with Crippen LogP contribution >= 0.6 is 27.3 Å². The summed E-state index contributed by atoms with van der Waals surface area (Å²) in [6.07, 6.45) is 0. The number of H-pyrrole nitrogens is 1. The second kappa shape index (κ2) is 5.57. The lowest BCUT2D eigenvalue weighted by Crippen LogP contribution is -2.13. The van der Waals surface area contributed by atoms with Crippen LogP contribution in [0.25, 0.3) is 0 Å². The number of nitrogens with one attached hydrogen (secondary N) is 2. The van der Waals surface area contributed by atoms with E-state index in [0.717, 1.165) is 27.1 Å². The first-order chi connectivity index (χ1) is 8.13. The van der Waals surface area contributed by atoms with E-state index in [9.17, 15) is 9.18 Å². The van der Waals surface area contributed by atoms with E-state index in [1.807, 2.05) is 6.07 Å². The van der Waals surface area contributed by atoms with E-state index in [0.29, 0.717) is 13.1 Å². The van der Waals surface area contributed by atoms with Gasteiger partial charge in [-0.2, -0.15) is 0 Å². The van der Waals surface area contributed by atoms with Gasteiger partial charge in [-0.05, 0) is 23.8 Å². The highest BCUT2D eigenvalue weighted by Crippen LogP contribution is 2.14. The molecule has 0 atom stereocenters. The second-order valence-electron chi connectivity index (χ2n) is 3.55. The van der Waals surface area contributed by atoms with Gasteiger partial charge in [-0.1, -0.05) is 27.3 Å². The van der Waals surface area contributed by atoms with Crippen LogP contribution in [-0.2, 0) is 13.1 Å². The lowest BCUT2D eigenvalue weighted by atomic mass is 10.2. The fraction of sp³-hybridized carbons (Fsp3) is 0.182. The third kappa shape index (κ3) is 3.76. The van der Waals surface area contributed by atoms with Crippen LogP contribution in [0.3, 0.4) is 0 Å². The normalized spacial score (nSPS) is 10.7. The third-order valence-electron chi connectivity index (χ3n) is 2.14. The van der Waals surface area contributed by atoms with E-state index in [1.54, 1.807) is 5.38 Å². The molecule has 2 rings (SSSR count). The summed E-state index contributed by atoms with van der Waals surface area (Å²) < 4.78 is 13.8. The lowest BCUT2D eigenvalue weighted by Gasteiger charge is -2.04. The van der Waals surface area contributed by atoms with Gasteiger partial charge in [0.2, 0.25) is 0 Å². The highest BCUT2D eigenvalue weighted by Gasteiger charge is 2.00. The van der Waals surface area contributed by atoms with Crippen LogP contribution in [0, 0.1) is 5.82 Å². The molecular formula is C11H10BrFN2OS. The van der Waals surface area contributed by atoms with Gasteiger partial charge in [0, 0.05) is 28.6 Å². The Labute approximate surface area is 110 Å². The molecule has 0 amide bonds. The number of aromatic amines is 1. The van der Waals surface area contributed by atoms with Gasteiger partial charge >= 0.3 is 4.87 Å². The van der Waals surface area contributed by atoms with Crippen LogP contribution in [0.1, 0.15) is 11.3 Å². The first-order valence-corrected chi connectivity index (χ1v) is 6.63. The number of benzene rings is 1. The van der Waals surface area contributed by atoms with Crippen molar-refractivity contribution in [2.24, 2.45) is 0 Å². The highest BCUT2D eigenvalue weighted by atomic mass is 79.9. The van der Waals surface area contributed by atoms with Crippen LogP contribution < -0.4 is 10.2 Å². The minimum atomic E-state index is -0.264. The Kier molecular flexibility index (Phi) is 4.09. The lowest BCUT2D eigenvalue weighted by molar-refractivity contribution is 0.618. The number of thiazole rings is 1. The van der Waals surface area contributed by atoms with Gasteiger partial charge in [0.05, 0.1) is 0 Å². The summed E-state index contributed by atoms with van der Waals surface area (Å²) in [5, 5.41) is 4.91. The van der Waals surface area contributed by atoms with E-state index in [-0.39, 0.29) is 10.7 Å². The summed E-state index contributed by atoms with van der Waals surface area (Å²) in [5.74, 6) is -0.264. The maximum atomic E-state index is 13.1. The van der Waals surface area contributed by atoms with Gasteiger partial charge in [0.15, 0.2) is 0 Å². The minimum Gasteiger partial charge on any atom is -0.315 e. The third-order valence-corrected chi connectivity index (χ3v) is 3.31. The largest absolute Gasteiger partial charge is 0.315 e. The van der Waals surface area contributed by atoms with E-state index in [2.05, 4.69) is 26.2 Å². The number of aromatic nitrogens is 1. The summed E-state index contributed by atoms with van der Waals surface area (Å²) in [7, 11) is 0. The van der Waals surface area contributed by atoms with Crippen LogP contribution in [-0.4, -0.2) is 4.98 Å². The molecule has 1 aromatic carbocycles. The molecule has 0 aliphatic rings. The number of halogens is 2. The average molecular weight is 317 g/mol. The number of rotatable bonds is 4. The predicted octanol–water partition coefficient (Wildman–Crippen LogP) is 2.63.